The van der Waals surface area contributed by atoms with Crippen LogP contribution in [0.25, 0.3) is 0 Å². The molecule has 0 saturated carbocycles. The van der Waals surface area contributed by atoms with E-state index in [1.165, 1.54) is 0 Å². The monoisotopic (exact) mass is 381 g/mol. The highest BCUT2D eigenvalue weighted by Crippen LogP contribution is 2.52. The van der Waals surface area contributed by atoms with Gasteiger partial charge in [-0.25, -0.2) is 0 Å². The molecule has 7 nitrogen and oxygen atoms in total. The molecule has 7 heteroatoms. The van der Waals surface area contributed by atoms with Gasteiger partial charge >= 0.3 is 0 Å². The van der Waals surface area contributed by atoms with Gasteiger partial charge in [0.2, 0.25) is 11.8 Å². The number of nitrogens with one attached hydrogen (secondary N) is 2. The molecular formula is C21H27N5O2. The van der Waals surface area contributed by atoms with Crippen molar-refractivity contribution in [2.45, 2.75) is 57.5 Å². The van der Waals surface area contributed by atoms with Crippen LogP contribution in [0.2, 0.25) is 0 Å². The van der Waals surface area contributed by atoms with Gasteiger partial charge in [-0.2, -0.15) is 15.4 Å². The van der Waals surface area contributed by atoms with Gasteiger partial charge in [0.15, 0.2) is 0 Å². The van der Waals surface area contributed by atoms with Crippen molar-refractivity contribution in [3.05, 3.63) is 47.8 Å². The van der Waals surface area contributed by atoms with Gasteiger partial charge in [-0.05, 0) is 31.2 Å². The first kappa shape index (κ1) is 18.7. The second-order valence-electron chi connectivity index (χ2n) is 7.89. The molecule has 148 valence electrons. The van der Waals surface area contributed by atoms with E-state index in [2.05, 4.69) is 32.9 Å². The lowest BCUT2D eigenvalue weighted by atomic mass is 9.69. The lowest BCUT2D eigenvalue weighted by Gasteiger charge is -2.36. The number of nitrogens with zero attached hydrogens (tertiary/aromatic N) is 3. The molecule has 2 saturated heterocycles. The summed E-state index contributed by atoms with van der Waals surface area (Å²) in [5.74, 6) is 0.221. The van der Waals surface area contributed by atoms with Crippen LogP contribution in [0.5, 0.6) is 0 Å². The SMILES string of the molecule is CCC(=O)N1[C@H]2CC[C@@H]1[C@](Cc1ccccc1)(C(=O)NCCc1cn[nH]n1)C2. The van der Waals surface area contributed by atoms with Crippen molar-refractivity contribution in [1.82, 2.24) is 25.6 Å². The fraction of sp³-hybridized carbons (Fsp3) is 0.524. The van der Waals surface area contributed by atoms with E-state index >= 15 is 0 Å². The molecule has 0 aliphatic carbocycles. The third-order valence-corrected chi connectivity index (χ3v) is 6.28. The predicted molar refractivity (Wildman–Crippen MR) is 104 cm³/mol. The Kier molecular flexibility index (Phi) is 5.15. The summed E-state index contributed by atoms with van der Waals surface area (Å²) in [7, 11) is 0. The highest BCUT2D eigenvalue weighted by molar-refractivity contribution is 5.87. The molecule has 3 atom stereocenters. The van der Waals surface area contributed by atoms with E-state index in [1.54, 1.807) is 6.20 Å². The molecule has 1 aromatic heterocycles. The van der Waals surface area contributed by atoms with E-state index in [-0.39, 0.29) is 23.9 Å². The van der Waals surface area contributed by atoms with Gasteiger partial charge in [-0.3, -0.25) is 9.59 Å². The van der Waals surface area contributed by atoms with E-state index in [1.807, 2.05) is 30.0 Å². The minimum atomic E-state index is -0.557. The Bertz CT molecular complexity index is 823. The summed E-state index contributed by atoms with van der Waals surface area (Å²) >= 11 is 0. The minimum absolute atomic E-state index is 0.0165. The summed E-state index contributed by atoms with van der Waals surface area (Å²) < 4.78 is 0. The molecule has 0 unspecified atom stereocenters. The maximum absolute atomic E-state index is 13.5. The van der Waals surface area contributed by atoms with E-state index in [0.29, 0.717) is 25.8 Å². The van der Waals surface area contributed by atoms with Crippen LogP contribution < -0.4 is 5.32 Å². The fourth-order valence-corrected chi connectivity index (χ4v) is 5.04. The Balaban J connectivity index is 1.55. The van der Waals surface area contributed by atoms with Crippen LogP contribution in [0, 0.1) is 5.41 Å². The number of amides is 2. The standard InChI is InChI=1S/C21H27N5O2/c1-2-19(27)26-17-8-9-18(26)21(13-17,12-15-6-4-3-5-7-15)20(28)22-11-10-16-14-23-25-24-16/h3-7,14,17-18H,2,8-13H2,1H3,(H,22,28)(H,23,24,25)/t17-,18+,21+/m0/s1. The van der Waals surface area contributed by atoms with E-state index in [9.17, 15) is 9.59 Å². The number of hydrogen-bond acceptors (Lipinski definition) is 4. The number of H-pyrrole nitrogens is 1. The van der Waals surface area contributed by atoms with Gasteiger partial charge in [0.1, 0.15) is 0 Å². The Labute approximate surface area is 164 Å². The van der Waals surface area contributed by atoms with Crippen molar-refractivity contribution >= 4 is 11.8 Å². The normalized spacial score (nSPS) is 25.8. The molecule has 2 bridgehead atoms. The predicted octanol–water partition coefficient (Wildman–Crippen LogP) is 1.87. The van der Waals surface area contributed by atoms with E-state index in [4.69, 9.17) is 0 Å². The Hall–Kier alpha value is -2.70. The quantitative estimate of drug-likeness (QED) is 0.766. The van der Waals surface area contributed by atoms with Crippen molar-refractivity contribution in [2.24, 2.45) is 5.41 Å². The van der Waals surface area contributed by atoms with Crippen LogP contribution in [0.1, 0.15) is 43.9 Å². The van der Waals surface area contributed by atoms with Crippen molar-refractivity contribution in [3.63, 3.8) is 0 Å². The first-order valence-corrected chi connectivity index (χ1v) is 10.1. The number of carbonyl (C=O) groups excluding carboxylic acids is 2. The maximum Gasteiger partial charge on any atom is 0.228 e. The van der Waals surface area contributed by atoms with Crippen LogP contribution in [-0.4, -0.2) is 50.8 Å². The van der Waals surface area contributed by atoms with Crippen molar-refractivity contribution < 1.29 is 9.59 Å². The molecule has 2 aliphatic rings. The summed E-state index contributed by atoms with van der Waals surface area (Å²) in [6.45, 7) is 2.41. The first-order chi connectivity index (χ1) is 13.6. The van der Waals surface area contributed by atoms with Crippen molar-refractivity contribution in [1.29, 1.82) is 0 Å². The van der Waals surface area contributed by atoms with Crippen LogP contribution in [-0.2, 0) is 22.4 Å². The molecule has 28 heavy (non-hydrogen) atoms. The van der Waals surface area contributed by atoms with E-state index in [0.717, 1.165) is 30.5 Å². The van der Waals surface area contributed by atoms with Gasteiger partial charge in [-0.1, -0.05) is 37.3 Å². The molecule has 3 heterocycles. The summed E-state index contributed by atoms with van der Waals surface area (Å²) in [5.41, 5.74) is 1.41. The molecule has 0 radical (unpaired) electrons. The number of aromatic nitrogens is 3. The molecule has 4 rings (SSSR count). The highest BCUT2D eigenvalue weighted by atomic mass is 16.2. The maximum atomic E-state index is 13.5. The van der Waals surface area contributed by atoms with Gasteiger partial charge in [0.25, 0.3) is 0 Å². The molecule has 1 aromatic carbocycles. The molecule has 2 aliphatic heterocycles. The van der Waals surface area contributed by atoms with Gasteiger partial charge in [0, 0.05) is 31.5 Å². The van der Waals surface area contributed by atoms with Crippen molar-refractivity contribution in [3.8, 4) is 0 Å². The second kappa shape index (κ2) is 7.73. The molecule has 2 amide bonds. The number of carbonyl (C=O) groups is 2. The lowest BCUT2D eigenvalue weighted by Crippen LogP contribution is -2.51. The molecular weight excluding hydrogens is 354 g/mol. The zero-order valence-electron chi connectivity index (χ0n) is 16.2. The van der Waals surface area contributed by atoms with Gasteiger partial charge in [-0.15, -0.1) is 0 Å². The van der Waals surface area contributed by atoms with Gasteiger partial charge < -0.3 is 10.2 Å². The average molecular weight is 381 g/mol. The zero-order chi connectivity index (χ0) is 19.6. The highest BCUT2D eigenvalue weighted by Gasteiger charge is 2.60. The third-order valence-electron chi connectivity index (χ3n) is 6.28. The van der Waals surface area contributed by atoms with Crippen LogP contribution in [0.4, 0.5) is 0 Å². The summed E-state index contributed by atoms with van der Waals surface area (Å²) in [5, 5.41) is 13.6. The van der Waals surface area contributed by atoms with Crippen LogP contribution in [0.15, 0.2) is 36.5 Å². The number of aromatic amines is 1. The molecule has 2 N–H and O–H groups in total. The van der Waals surface area contributed by atoms with E-state index < -0.39 is 5.41 Å². The third kappa shape index (κ3) is 3.30. The van der Waals surface area contributed by atoms with Gasteiger partial charge in [0.05, 0.1) is 17.3 Å². The first-order valence-electron chi connectivity index (χ1n) is 10.1. The Morgan fingerprint density at radius 2 is 2.11 bits per heavy atom. The minimum Gasteiger partial charge on any atom is -0.355 e. The summed E-state index contributed by atoms with van der Waals surface area (Å²) in [4.78, 5) is 28.1. The number of benzene rings is 1. The number of fused-ring (bicyclic) bond motifs is 2. The molecule has 0 spiro atoms. The average Bonchev–Trinajstić information content (AvgIpc) is 3.44. The molecule has 2 aromatic rings. The second-order valence-corrected chi connectivity index (χ2v) is 7.89. The molecule has 2 fully saturated rings. The smallest absolute Gasteiger partial charge is 0.228 e. The van der Waals surface area contributed by atoms with Crippen LogP contribution >= 0.6 is 0 Å². The largest absolute Gasteiger partial charge is 0.355 e. The van der Waals surface area contributed by atoms with Crippen molar-refractivity contribution in [2.75, 3.05) is 6.54 Å². The number of rotatable bonds is 7. The Morgan fingerprint density at radius 1 is 1.29 bits per heavy atom. The Morgan fingerprint density at radius 3 is 2.82 bits per heavy atom. The number of hydrogen-bond donors (Lipinski definition) is 2. The topological polar surface area (TPSA) is 91.0 Å². The summed E-state index contributed by atoms with van der Waals surface area (Å²) in [6, 6.07) is 10.3. The lowest BCUT2D eigenvalue weighted by molar-refractivity contribution is -0.136. The zero-order valence-corrected chi connectivity index (χ0v) is 16.2. The van der Waals surface area contributed by atoms with Crippen LogP contribution in [0.3, 0.4) is 0 Å². The fourth-order valence-electron chi connectivity index (χ4n) is 5.04. The summed E-state index contributed by atoms with van der Waals surface area (Å²) in [6.07, 6.45) is 6.11.